The molecule has 1 rings (SSSR count). The largest absolute Gasteiger partial charge is 0.494 e. The Labute approximate surface area is 121 Å². The van der Waals surface area contributed by atoms with Gasteiger partial charge in [0.1, 0.15) is 5.75 Å². The van der Waals surface area contributed by atoms with Crippen LogP contribution in [0.2, 0.25) is 0 Å². The number of aliphatic imine (C=N–C) groups is 1. The Bertz CT molecular complexity index is 438. The summed E-state index contributed by atoms with van der Waals surface area (Å²) in [6.07, 6.45) is 1.98. The van der Waals surface area contributed by atoms with E-state index in [1.807, 2.05) is 19.1 Å². The number of aryl methyl sites for hydroxylation is 1. The van der Waals surface area contributed by atoms with Gasteiger partial charge in [0, 0.05) is 6.54 Å². The van der Waals surface area contributed by atoms with Crippen molar-refractivity contribution in [2.75, 3.05) is 19.7 Å². The standard InChI is InChI=1S/C16H25N3O/c1-13(2)12-19-16(17)18-10-4-5-11-20-15-8-6-14(3)7-9-15/h6-9H,1,4-5,10-12H2,2-3H3,(H3,17,18,19). The maximum Gasteiger partial charge on any atom is 0.188 e. The molecule has 0 atom stereocenters. The minimum Gasteiger partial charge on any atom is -0.494 e. The summed E-state index contributed by atoms with van der Waals surface area (Å²) in [6, 6.07) is 8.09. The topological polar surface area (TPSA) is 59.6 Å². The van der Waals surface area contributed by atoms with Crippen molar-refractivity contribution in [3.63, 3.8) is 0 Å². The molecule has 0 fully saturated rings. The highest BCUT2D eigenvalue weighted by molar-refractivity contribution is 5.77. The van der Waals surface area contributed by atoms with Crippen LogP contribution in [0.15, 0.2) is 41.4 Å². The van der Waals surface area contributed by atoms with Crippen LogP contribution >= 0.6 is 0 Å². The molecule has 0 aliphatic heterocycles. The van der Waals surface area contributed by atoms with Crippen LogP contribution in [0.25, 0.3) is 0 Å². The third kappa shape index (κ3) is 7.46. The Kier molecular flexibility index (Phi) is 7.25. The Morgan fingerprint density at radius 2 is 2.00 bits per heavy atom. The molecule has 3 N–H and O–H groups in total. The zero-order valence-corrected chi connectivity index (χ0v) is 12.5. The van der Waals surface area contributed by atoms with Gasteiger partial charge in [-0.2, -0.15) is 0 Å². The summed E-state index contributed by atoms with van der Waals surface area (Å²) in [4.78, 5) is 4.15. The van der Waals surface area contributed by atoms with Crippen LogP contribution in [0.5, 0.6) is 5.75 Å². The van der Waals surface area contributed by atoms with Gasteiger partial charge in [-0.05, 0) is 38.8 Å². The minimum atomic E-state index is 0.479. The number of guanidine groups is 1. The zero-order valence-electron chi connectivity index (χ0n) is 12.5. The van der Waals surface area contributed by atoms with Crippen molar-refractivity contribution in [1.82, 2.24) is 5.32 Å². The molecule has 1 aromatic rings. The lowest BCUT2D eigenvalue weighted by atomic mass is 10.2. The van der Waals surface area contributed by atoms with Crippen LogP contribution < -0.4 is 15.8 Å². The predicted octanol–water partition coefficient (Wildman–Crippen LogP) is 2.63. The Balaban J connectivity index is 2.06. The number of ether oxygens (including phenoxy) is 1. The van der Waals surface area contributed by atoms with Gasteiger partial charge >= 0.3 is 0 Å². The summed E-state index contributed by atoms with van der Waals surface area (Å²) in [5.74, 6) is 1.40. The van der Waals surface area contributed by atoms with Gasteiger partial charge < -0.3 is 15.8 Å². The molecule has 1 aromatic carbocycles. The van der Waals surface area contributed by atoms with Gasteiger partial charge in [-0.1, -0.05) is 29.8 Å². The highest BCUT2D eigenvalue weighted by Crippen LogP contribution is 2.11. The Hall–Kier alpha value is -1.97. The van der Waals surface area contributed by atoms with Crippen LogP contribution in [0, 0.1) is 6.92 Å². The smallest absolute Gasteiger partial charge is 0.188 e. The van der Waals surface area contributed by atoms with Gasteiger partial charge in [0.25, 0.3) is 0 Å². The molecule has 0 aromatic heterocycles. The molecule has 4 nitrogen and oxygen atoms in total. The molecule has 0 aliphatic rings. The fourth-order valence-electron chi connectivity index (χ4n) is 1.54. The van der Waals surface area contributed by atoms with Gasteiger partial charge in [-0.25, -0.2) is 4.99 Å². The van der Waals surface area contributed by atoms with Crippen molar-refractivity contribution in [1.29, 1.82) is 0 Å². The molecule has 0 heterocycles. The second-order valence-electron chi connectivity index (χ2n) is 4.95. The van der Waals surface area contributed by atoms with Crippen LogP contribution in [-0.2, 0) is 0 Å². The van der Waals surface area contributed by atoms with Crippen molar-refractivity contribution < 1.29 is 4.74 Å². The third-order valence-electron chi connectivity index (χ3n) is 2.69. The van der Waals surface area contributed by atoms with Crippen LogP contribution in [0.1, 0.15) is 25.3 Å². The molecule has 0 radical (unpaired) electrons. The van der Waals surface area contributed by atoms with Crippen molar-refractivity contribution in [2.45, 2.75) is 26.7 Å². The number of rotatable bonds is 8. The maximum atomic E-state index is 5.71. The number of hydrogen-bond donors (Lipinski definition) is 2. The molecule has 110 valence electrons. The Morgan fingerprint density at radius 1 is 1.30 bits per heavy atom. The second-order valence-corrected chi connectivity index (χ2v) is 4.95. The average molecular weight is 275 g/mol. The number of nitrogens with one attached hydrogen (secondary N) is 1. The van der Waals surface area contributed by atoms with E-state index in [4.69, 9.17) is 10.5 Å². The minimum absolute atomic E-state index is 0.479. The lowest BCUT2D eigenvalue weighted by Crippen LogP contribution is -2.32. The van der Waals surface area contributed by atoms with Crippen LogP contribution in [-0.4, -0.2) is 25.7 Å². The predicted molar refractivity (Wildman–Crippen MR) is 85.2 cm³/mol. The normalized spacial score (nSPS) is 11.2. The monoisotopic (exact) mass is 275 g/mol. The van der Waals surface area contributed by atoms with E-state index in [-0.39, 0.29) is 0 Å². The average Bonchev–Trinajstić information content (AvgIpc) is 2.42. The van der Waals surface area contributed by atoms with E-state index in [0.29, 0.717) is 19.1 Å². The molecule has 0 aliphatic carbocycles. The highest BCUT2D eigenvalue weighted by atomic mass is 16.5. The number of hydrogen-bond acceptors (Lipinski definition) is 2. The number of unbranched alkanes of at least 4 members (excludes halogenated alkanes) is 1. The first-order chi connectivity index (χ1) is 9.58. The molecule has 0 saturated carbocycles. The first kappa shape index (κ1) is 16.1. The van der Waals surface area contributed by atoms with E-state index in [1.54, 1.807) is 0 Å². The summed E-state index contributed by atoms with van der Waals surface area (Å²) in [7, 11) is 0. The quantitative estimate of drug-likeness (QED) is 0.332. The summed E-state index contributed by atoms with van der Waals surface area (Å²) in [5, 5.41) is 3.08. The van der Waals surface area contributed by atoms with E-state index >= 15 is 0 Å². The number of benzene rings is 1. The Morgan fingerprint density at radius 3 is 2.65 bits per heavy atom. The number of nitrogens with zero attached hydrogens (tertiary/aromatic N) is 1. The molecule has 4 heteroatoms. The van der Waals surface area contributed by atoms with Gasteiger partial charge in [0.05, 0.1) is 13.2 Å². The highest BCUT2D eigenvalue weighted by Gasteiger charge is 1.95. The third-order valence-corrected chi connectivity index (χ3v) is 2.69. The molecule has 20 heavy (non-hydrogen) atoms. The van der Waals surface area contributed by atoms with Crippen molar-refractivity contribution in [2.24, 2.45) is 10.7 Å². The summed E-state index contributed by atoms with van der Waals surface area (Å²) in [5.41, 5.74) is 7.95. The van der Waals surface area contributed by atoms with Gasteiger partial charge in [-0.15, -0.1) is 0 Å². The van der Waals surface area contributed by atoms with Gasteiger partial charge in [-0.3, -0.25) is 0 Å². The second kappa shape index (κ2) is 9.02. The van der Waals surface area contributed by atoms with Crippen molar-refractivity contribution in [3.8, 4) is 5.75 Å². The fraction of sp³-hybridized carbons (Fsp3) is 0.438. The van der Waals surface area contributed by atoms with E-state index in [9.17, 15) is 0 Å². The van der Waals surface area contributed by atoms with Crippen LogP contribution in [0.3, 0.4) is 0 Å². The summed E-state index contributed by atoms with van der Waals surface area (Å²) < 4.78 is 5.65. The van der Waals surface area contributed by atoms with E-state index in [0.717, 1.165) is 30.7 Å². The summed E-state index contributed by atoms with van der Waals surface area (Å²) >= 11 is 0. The molecular formula is C16H25N3O. The molecule has 0 saturated heterocycles. The fourth-order valence-corrected chi connectivity index (χ4v) is 1.54. The molecule has 0 spiro atoms. The first-order valence-corrected chi connectivity index (χ1v) is 6.95. The lowest BCUT2D eigenvalue weighted by Gasteiger charge is -2.07. The van der Waals surface area contributed by atoms with Crippen LogP contribution in [0.4, 0.5) is 0 Å². The van der Waals surface area contributed by atoms with E-state index in [2.05, 4.69) is 35.9 Å². The molecule has 0 bridgehead atoms. The van der Waals surface area contributed by atoms with Gasteiger partial charge in [0.15, 0.2) is 5.96 Å². The molecule has 0 unspecified atom stereocenters. The van der Waals surface area contributed by atoms with E-state index in [1.165, 1.54) is 5.56 Å². The number of nitrogens with two attached hydrogens (primary N) is 1. The molecular weight excluding hydrogens is 250 g/mol. The van der Waals surface area contributed by atoms with Gasteiger partial charge in [0.2, 0.25) is 0 Å². The summed E-state index contributed by atoms with van der Waals surface area (Å²) in [6.45, 7) is 9.87. The van der Waals surface area contributed by atoms with Crippen molar-refractivity contribution >= 4 is 5.96 Å². The van der Waals surface area contributed by atoms with E-state index < -0.39 is 0 Å². The van der Waals surface area contributed by atoms with Crippen molar-refractivity contribution in [3.05, 3.63) is 42.0 Å². The zero-order chi connectivity index (χ0) is 14.8. The maximum absolute atomic E-state index is 5.71. The first-order valence-electron chi connectivity index (χ1n) is 6.95. The lowest BCUT2D eigenvalue weighted by molar-refractivity contribution is 0.307. The molecule has 0 amide bonds. The SMILES string of the molecule is C=C(C)CN=C(N)NCCCCOc1ccc(C)cc1.